The van der Waals surface area contributed by atoms with Crippen LogP contribution in [0.2, 0.25) is 0 Å². The second-order valence-electron chi connectivity index (χ2n) is 6.99. The van der Waals surface area contributed by atoms with Gasteiger partial charge < -0.3 is 10.1 Å². The largest absolute Gasteiger partial charge is 0.444 e. The number of amides is 1. The average molecular weight is 359 g/mol. The van der Waals surface area contributed by atoms with Gasteiger partial charge in [-0.15, -0.1) is 0 Å². The molecule has 0 bridgehead atoms. The lowest BCUT2D eigenvalue weighted by Gasteiger charge is -2.19. The molecular weight excluding hydrogens is 337 g/mol. The summed E-state index contributed by atoms with van der Waals surface area (Å²) in [5.74, 6) is 1.13. The lowest BCUT2D eigenvalue weighted by molar-refractivity contribution is 0.0528. The molecule has 26 heavy (non-hydrogen) atoms. The van der Waals surface area contributed by atoms with Crippen LogP contribution < -0.4 is 5.32 Å². The number of rotatable bonds is 4. The van der Waals surface area contributed by atoms with E-state index in [9.17, 15) is 9.18 Å². The van der Waals surface area contributed by atoms with Crippen LogP contribution in [0.5, 0.6) is 0 Å². The molecule has 7 nitrogen and oxygen atoms in total. The molecule has 138 valence electrons. The number of aryl methyl sites for hydroxylation is 1. The quantitative estimate of drug-likeness (QED) is 0.777. The monoisotopic (exact) mass is 359 g/mol. The van der Waals surface area contributed by atoms with Gasteiger partial charge >= 0.3 is 6.09 Å². The Labute approximate surface area is 150 Å². The molecule has 0 radical (unpaired) electrons. The van der Waals surface area contributed by atoms with Crippen LogP contribution in [0.4, 0.5) is 9.18 Å². The zero-order valence-electron chi connectivity index (χ0n) is 15.3. The zero-order valence-corrected chi connectivity index (χ0v) is 15.3. The van der Waals surface area contributed by atoms with Gasteiger partial charge in [-0.05, 0) is 32.9 Å². The first-order valence-corrected chi connectivity index (χ1v) is 8.37. The molecular formula is C18H22FN5O2. The van der Waals surface area contributed by atoms with Gasteiger partial charge in [0.15, 0.2) is 0 Å². The lowest BCUT2D eigenvalue weighted by Crippen LogP contribution is -2.33. The number of benzene rings is 1. The third-order valence-electron chi connectivity index (χ3n) is 3.73. The van der Waals surface area contributed by atoms with Crippen LogP contribution in [0.15, 0.2) is 30.5 Å². The zero-order chi connectivity index (χ0) is 18.9. The smallest absolute Gasteiger partial charge is 0.407 e. The molecule has 3 aromatic rings. The van der Waals surface area contributed by atoms with Gasteiger partial charge in [-0.1, -0.05) is 0 Å². The third kappa shape index (κ3) is 3.84. The van der Waals surface area contributed by atoms with E-state index in [1.54, 1.807) is 16.9 Å². The van der Waals surface area contributed by atoms with E-state index in [0.29, 0.717) is 29.8 Å². The Morgan fingerprint density at radius 3 is 2.73 bits per heavy atom. The van der Waals surface area contributed by atoms with Crippen LogP contribution in [-0.2, 0) is 18.2 Å². The molecule has 1 N–H and O–H groups in total. The van der Waals surface area contributed by atoms with E-state index >= 15 is 0 Å². The van der Waals surface area contributed by atoms with Crippen LogP contribution in [0.25, 0.3) is 16.9 Å². The van der Waals surface area contributed by atoms with Gasteiger partial charge in [-0.25, -0.2) is 14.2 Å². The highest BCUT2D eigenvalue weighted by atomic mass is 19.1. The number of hydrogen-bond acceptors (Lipinski definition) is 4. The molecule has 3 rings (SSSR count). The van der Waals surface area contributed by atoms with Crippen molar-refractivity contribution < 1.29 is 13.9 Å². The number of ether oxygens (including phenoxy) is 1. The number of carbonyl (C=O) groups excluding carboxylic acids is 1. The fourth-order valence-corrected chi connectivity index (χ4v) is 2.70. The van der Waals surface area contributed by atoms with E-state index < -0.39 is 11.7 Å². The predicted octanol–water partition coefficient (Wildman–Crippen LogP) is 2.97. The standard InChI is InChI=1S/C18H22FN5O2/c1-18(2,3)26-17(25)20-9-7-15-22-13-6-5-12(19)11-14(13)24(15)16-8-10-21-23(16)4/h5-6,8,10-11H,7,9H2,1-4H3,(H,20,25). The van der Waals surface area contributed by atoms with Crippen LogP contribution in [-0.4, -0.2) is 37.6 Å². The van der Waals surface area contributed by atoms with E-state index in [-0.39, 0.29) is 5.82 Å². The van der Waals surface area contributed by atoms with Crippen LogP contribution in [0.1, 0.15) is 26.6 Å². The number of alkyl carbamates (subject to hydrolysis) is 1. The first-order chi connectivity index (χ1) is 12.2. The van der Waals surface area contributed by atoms with Gasteiger partial charge in [0.2, 0.25) is 0 Å². The highest BCUT2D eigenvalue weighted by molar-refractivity contribution is 5.78. The minimum Gasteiger partial charge on any atom is -0.444 e. The summed E-state index contributed by atoms with van der Waals surface area (Å²) in [6, 6.07) is 6.30. The van der Waals surface area contributed by atoms with Gasteiger partial charge in [0.05, 0.1) is 17.2 Å². The van der Waals surface area contributed by atoms with E-state index in [4.69, 9.17) is 4.74 Å². The van der Waals surface area contributed by atoms with Crippen molar-refractivity contribution in [2.75, 3.05) is 6.54 Å². The number of nitrogens with zero attached hydrogens (tertiary/aromatic N) is 4. The number of carbonyl (C=O) groups is 1. The molecule has 0 saturated heterocycles. The van der Waals surface area contributed by atoms with Crippen molar-refractivity contribution in [2.45, 2.75) is 32.8 Å². The summed E-state index contributed by atoms with van der Waals surface area (Å²) in [5, 5.41) is 6.90. The molecule has 2 heterocycles. The van der Waals surface area contributed by atoms with E-state index in [1.807, 2.05) is 38.5 Å². The molecule has 0 unspecified atom stereocenters. The van der Waals surface area contributed by atoms with Crippen LogP contribution >= 0.6 is 0 Å². The molecule has 2 aromatic heterocycles. The third-order valence-corrected chi connectivity index (χ3v) is 3.73. The van der Waals surface area contributed by atoms with E-state index in [1.165, 1.54) is 12.1 Å². The summed E-state index contributed by atoms with van der Waals surface area (Å²) in [5.41, 5.74) is 0.782. The highest BCUT2D eigenvalue weighted by Gasteiger charge is 2.18. The summed E-state index contributed by atoms with van der Waals surface area (Å²) < 4.78 is 22.5. The summed E-state index contributed by atoms with van der Waals surface area (Å²) in [6.07, 6.45) is 1.65. The Morgan fingerprint density at radius 1 is 1.31 bits per heavy atom. The minimum absolute atomic E-state index is 0.334. The summed E-state index contributed by atoms with van der Waals surface area (Å²) >= 11 is 0. The molecule has 0 aliphatic carbocycles. The Hall–Kier alpha value is -2.90. The second kappa shape index (κ2) is 6.78. The van der Waals surface area contributed by atoms with Crippen molar-refractivity contribution in [2.24, 2.45) is 7.05 Å². The Kier molecular flexibility index (Phi) is 4.67. The number of imidazole rings is 1. The molecule has 0 aliphatic rings. The first-order valence-electron chi connectivity index (χ1n) is 8.37. The van der Waals surface area contributed by atoms with E-state index in [2.05, 4.69) is 15.4 Å². The van der Waals surface area contributed by atoms with Crippen molar-refractivity contribution in [1.82, 2.24) is 24.6 Å². The molecule has 0 spiro atoms. The fraction of sp³-hybridized carbons (Fsp3) is 0.389. The van der Waals surface area contributed by atoms with Crippen LogP contribution in [0, 0.1) is 5.82 Å². The highest BCUT2D eigenvalue weighted by Crippen LogP contribution is 2.22. The molecule has 1 amide bonds. The minimum atomic E-state index is -0.552. The molecule has 0 saturated carbocycles. The maximum atomic E-state index is 13.7. The Morgan fingerprint density at radius 2 is 2.08 bits per heavy atom. The van der Waals surface area contributed by atoms with Crippen molar-refractivity contribution in [1.29, 1.82) is 0 Å². The number of hydrogen-bond donors (Lipinski definition) is 1. The molecule has 0 fully saturated rings. The Balaban J connectivity index is 1.86. The maximum absolute atomic E-state index is 13.7. The maximum Gasteiger partial charge on any atom is 0.407 e. The molecule has 0 aliphatic heterocycles. The first kappa shape index (κ1) is 17.9. The van der Waals surface area contributed by atoms with Gasteiger partial charge in [0.1, 0.15) is 23.1 Å². The van der Waals surface area contributed by atoms with Crippen molar-refractivity contribution in [3.05, 3.63) is 42.1 Å². The van der Waals surface area contributed by atoms with Crippen molar-refractivity contribution >= 4 is 17.1 Å². The van der Waals surface area contributed by atoms with Gasteiger partial charge in [0.25, 0.3) is 0 Å². The number of fused-ring (bicyclic) bond motifs is 1. The predicted molar refractivity (Wildman–Crippen MR) is 95.7 cm³/mol. The van der Waals surface area contributed by atoms with Crippen LogP contribution in [0.3, 0.4) is 0 Å². The van der Waals surface area contributed by atoms with Crippen molar-refractivity contribution in [3.8, 4) is 5.82 Å². The molecule has 0 atom stereocenters. The Bertz CT molecular complexity index is 939. The summed E-state index contributed by atoms with van der Waals surface area (Å²) in [6.45, 7) is 5.77. The van der Waals surface area contributed by atoms with Gasteiger partial charge in [-0.3, -0.25) is 9.25 Å². The van der Waals surface area contributed by atoms with Crippen molar-refractivity contribution in [3.63, 3.8) is 0 Å². The van der Waals surface area contributed by atoms with Gasteiger partial charge in [0, 0.05) is 32.1 Å². The molecule has 1 aromatic carbocycles. The fourth-order valence-electron chi connectivity index (χ4n) is 2.70. The summed E-state index contributed by atoms with van der Waals surface area (Å²) in [4.78, 5) is 16.4. The lowest BCUT2D eigenvalue weighted by atomic mass is 10.2. The topological polar surface area (TPSA) is 74.0 Å². The number of nitrogens with one attached hydrogen (secondary N) is 1. The second-order valence-corrected chi connectivity index (χ2v) is 6.99. The summed E-state index contributed by atoms with van der Waals surface area (Å²) in [7, 11) is 1.81. The number of halogens is 1. The SMILES string of the molecule is Cn1nccc1-n1c(CCNC(=O)OC(C)(C)C)nc2ccc(F)cc21. The van der Waals surface area contributed by atoms with Gasteiger partial charge in [-0.2, -0.15) is 5.10 Å². The molecule has 8 heteroatoms. The average Bonchev–Trinajstić information content (AvgIpc) is 3.08. The number of aromatic nitrogens is 4. The normalized spacial score (nSPS) is 11.7. The van der Waals surface area contributed by atoms with E-state index in [0.717, 1.165) is 5.82 Å².